The maximum absolute atomic E-state index is 14.3. The Labute approximate surface area is 208 Å². The van der Waals surface area contributed by atoms with Crippen molar-refractivity contribution in [3.05, 3.63) is 24.3 Å². The number of aliphatic hydroxyl groups excluding tert-OH is 1. The Morgan fingerprint density at radius 1 is 1.09 bits per heavy atom. The van der Waals surface area contributed by atoms with Crippen molar-refractivity contribution in [3.8, 4) is 0 Å². The molecule has 0 aromatic rings. The van der Waals surface area contributed by atoms with E-state index in [1.807, 2.05) is 50.8 Å². The number of fused-ring (bicyclic) bond motifs is 2. The number of rotatable bonds is 8. The summed E-state index contributed by atoms with van der Waals surface area (Å²) in [4.78, 5) is 45.2. The van der Waals surface area contributed by atoms with Crippen LogP contribution in [0.5, 0.6) is 0 Å². The first-order valence-electron chi connectivity index (χ1n) is 13.1. The molecule has 4 rings (SSSR count). The van der Waals surface area contributed by atoms with Crippen molar-refractivity contribution in [2.45, 2.75) is 89.6 Å². The molecule has 8 nitrogen and oxygen atoms in total. The van der Waals surface area contributed by atoms with Gasteiger partial charge in [-0.3, -0.25) is 14.4 Å². The van der Waals surface area contributed by atoms with Crippen molar-refractivity contribution < 1.29 is 29.0 Å². The molecule has 8 heteroatoms. The highest BCUT2D eigenvalue weighted by molar-refractivity contribution is 5.99. The lowest BCUT2D eigenvalue weighted by atomic mass is 9.73. The molecular weight excluding hydrogens is 448 g/mol. The van der Waals surface area contributed by atoms with Gasteiger partial charge in [-0.2, -0.15) is 0 Å². The summed E-state index contributed by atoms with van der Waals surface area (Å²) < 4.78 is 12.3. The summed E-state index contributed by atoms with van der Waals surface area (Å²) in [6.45, 7) is 10.4. The molecule has 0 aromatic carbocycles. The Morgan fingerprint density at radius 2 is 1.83 bits per heavy atom. The van der Waals surface area contributed by atoms with E-state index in [1.54, 1.807) is 11.0 Å². The first kappa shape index (κ1) is 25.9. The Kier molecular flexibility index (Phi) is 7.17. The second kappa shape index (κ2) is 9.69. The molecule has 0 saturated carbocycles. The Morgan fingerprint density at radius 3 is 2.46 bits per heavy atom. The third-order valence-corrected chi connectivity index (χ3v) is 8.25. The van der Waals surface area contributed by atoms with E-state index < -0.39 is 41.1 Å². The number of hydrogen-bond donors (Lipinski definition) is 1. The fourth-order valence-corrected chi connectivity index (χ4v) is 6.74. The third-order valence-electron chi connectivity index (χ3n) is 8.25. The van der Waals surface area contributed by atoms with Crippen LogP contribution >= 0.6 is 0 Å². The summed E-state index contributed by atoms with van der Waals surface area (Å²) in [5.41, 5.74) is -2.33. The van der Waals surface area contributed by atoms with Crippen LogP contribution in [0.25, 0.3) is 0 Å². The van der Waals surface area contributed by atoms with E-state index in [2.05, 4.69) is 6.92 Å². The molecule has 0 radical (unpaired) electrons. The van der Waals surface area contributed by atoms with Gasteiger partial charge in [0.1, 0.15) is 29.8 Å². The average Bonchev–Trinajstić information content (AvgIpc) is 3.09. The summed E-state index contributed by atoms with van der Waals surface area (Å²) in [6, 6.07) is -1.52. The van der Waals surface area contributed by atoms with Crippen molar-refractivity contribution in [1.29, 1.82) is 0 Å². The number of likely N-dealkylation sites (tertiary alicyclic amines) is 1. The molecule has 35 heavy (non-hydrogen) atoms. The van der Waals surface area contributed by atoms with Crippen molar-refractivity contribution in [3.63, 3.8) is 0 Å². The molecule has 2 saturated heterocycles. The van der Waals surface area contributed by atoms with Gasteiger partial charge < -0.3 is 24.4 Å². The van der Waals surface area contributed by atoms with E-state index in [-0.39, 0.29) is 37.0 Å². The lowest BCUT2D eigenvalue weighted by molar-refractivity contribution is -0.162. The van der Waals surface area contributed by atoms with Crippen LogP contribution in [0.4, 0.5) is 0 Å². The zero-order valence-corrected chi connectivity index (χ0v) is 21.6. The standard InChI is InChI=1S/C27H40N2O6/c1-6-10-18(5)28-13-8-12-27-20(21-25(33)34-14-9-11-26(21,7-2)35-27)23(31)29(22(27)24(28)32)19(16-30)15-17(3)4/h8-9,11-12,17-22,30H,6-7,10,13-16H2,1-5H3/t18?,19-,20+,21-,22?,26+,27+/m1/s1. The lowest BCUT2D eigenvalue weighted by Crippen LogP contribution is -2.60. The maximum atomic E-state index is 14.3. The van der Waals surface area contributed by atoms with Gasteiger partial charge in [-0.1, -0.05) is 52.3 Å². The van der Waals surface area contributed by atoms with Gasteiger partial charge in [0, 0.05) is 12.6 Å². The minimum Gasteiger partial charge on any atom is -0.461 e. The molecule has 4 aliphatic rings. The quantitative estimate of drug-likeness (QED) is 0.417. The second-order valence-corrected chi connectivity index (χ2v) is 10.9. The van der Waals surface area contributed by atoms with Gasteiger partial charge in [0.25, 0.3) is 0 Å². The predicted octanol–water partition coefficient (Wildman–Crippen LogP) is 2.45. The first-order chi connectivity index (χ1) is 16.7. The third kappa shape index (κ3) is 3.93. The summed E-state index contributed by atoms with van der Waals surface area (Å²) in [7, 11) is 0. The number of amides is 2. The highest BCUT2D eigenvalue weighted by Crippen LogP contribution is 2.59. The lowest BCUT2D eigenvalue weighted by Gasteiger charge is -2.41. The molecule has 2 fully saturated rings. The van der Waals surface area contributed by atoms with E-state index in [4.69, 9.17) is 9.47 Å². The van der Waals surface area contributed by atoms with E-state index >= 15 is 0 Å². The van der Waals surface area contributed by atoms with Crippen molar-refractivity contribution in [2.24, 2.45) is 17.8 Å². The number of aliphatic hydroxyl groups is 1. The van der Waals surface area contributed by atoms with Gasteiger partial charge in [-0.15, -0.1) is 0 Å². The normalized spacial score (nSPS) is 36.0. The number of ether oxygens (including phenoxy) is 2. The molecule has 0 bridgehead atoms. The molecule has 7 atom stereocenters. The smallest absolute Gasteiger partial charge is 0.313 e. The fourth-order valence-electron chi connectivity index (χ4n) is 6.74. The van der Waals surface area contributed by atoms with Crippen LogP contribution in [0.3, 0.4) is 0 Å². The highest BCUT2D eigenvalue weighted by Gasteiger charge is 2.76. The van der Waals surface area contributed by atoms with E-state index in [0.29, 0.717) is 19.4 Å². The van der Waals surface area contributed by atoms with Crippen molar-refractivity contribution in [2.75, 3.05) is 19.8 Å². The summed E-state index contributed by atoms with van der Waals surface area (Å²) in [5.74, 6) is -2.53. The highest BCUT2D eigenvalue weighted by atomic mass is 16.6. The van der Waals surface area contributed by atoms with E-state index in [9.17, 15) is 19.5 Å². The monoisotopic (exact) mass is 488 g/mol. The van der Waals surface area contributed by atoms with Gasteiger partial charge in [-0.05, 0) is 38.2 Å². The Bertz CT molecular complexity index is 915. The molecule has 0 aromatic heterocycles. The minimum absolute atomic E-state index is 0.0159. The summed E-state index contributed by atoms with van der Waals surface area (Å²) in [5, 5.41) is 10.4. The SMILES string of the molecule is CCCC(C)N1CC=C[C@]23O[C@@]4(CC)C=CCOC(=O)[C@H]4[C@H]2C(=O)N([C@@H](CO)CC(C)C)C3C1=O. The molecule has 2 amide bonds. The predicted molar refractivity (Wildman–Crippen MR) is 130 cm³/mol. The molecule has 4 heterocycles. The van der Waals surface area contributed by atoms with Gasteiger partial charge in [0.15, 0.2) is 0 Å². The van der Waals surface area contributed by atoms with E-state index in [0.717, 1.165) is 12.8 Å². The number of nitrogens with zero attached hydrogens (tertiary/aromatic N) is 2. The molecular formula is C27H40N2O6. The molecule has 194 valence electrons. The average molecular weight is 489 g/mol. The molecule has 2 unspecified atom stereocenters. The molecule has 0 aliphatic carbocycles. The van der Waals surface area contributed by atoms with Gasteiger partial charge in [-0.25, -0.2) is 0 Å². The van der Waals surface area contributed by atoms with Crippen LogP contribution in [0.15, 0.2) is 24.3 Å². The van der Waals surface area contributed by atoms with Crippen LogP contribution < -0.4 is 0 Å². The number of esters is 1. The van der Waals surface area contributed by atoms with Crippen LogP contribution in [-0.4, -0.2) is 81.8 Å². The number of carbonyl (C=O) groups excluding carboxylic acids is 3. The number of carbonyl (C=O) groups is 3. The first-order valence-corrected chi connectivity index (χ1v) is 13.1. The number of hydrogen-bond acceptors (Lipinski definition) is 6. The second-order valence-electron chi connectivity index (χ2n) is 10.9. The van der Waals surface area contributed by atoms with Crippen molar-refractivity contribution >= 4 is 17.8 Å². The van der Waals surface area contributed by atoms with Crippen molar-refractivity contribution in [1.82, 2.24) is 9.80 Å². The number of cyclic esters (lactones) is 1. The molecule has 1 spiro atoms. The van der Waals surface area contributed by atoms with Gasteiger partial charge >= 0.3 is 5.97 Å². The van der Waals surface area contributed by atoms with Gasteiger partial charge in [0.2, 0.25) is 11.8 Å². The Balaban J connectivity index is 1.89. The van der Waals surface area contributed by atoms with Gasteiger partial charge in [0.05, 0.1) is 18.6 Å². The van der Waals surface area contributed by atoms with E-state index in [1.165, 1.54) is 0 Å². The summed E-state index contributed by atoms with van der Waals surface area (Å²) >= 11 is 0. The largest absolute Gasteiger partial charge is 0.461 e. The minimum atomic E-state index is -1.30. The van der Waals surface area contributed by atoms with Crippen LogP contribution in [0, 0.1) is 17.8 Å². The fraction of sp³-hybridized carbons (Fsp3) is 0.741. The maximum Gasteiger partial charge on any atom is 0.313 e. The van der Waals surface area contributed by atoms with Crippen LogP contribution in [0.1, 0.15) is 60.3 Å². The molecule has 1 N–H and O–H groups in total. The zero-order chi connectivity index (χ0) is 25.5. The molecule has 4 aliphatic heterocycles. The topological polar surface area (TPSA) is 96.4 Å². The summed E-state index contributed by atoms with van der Waals surface area (Å²) in [6.07, 6.45) is 10.2. The Hall–Kier alpha value is -2.19. The van der Waals surface area contributed by atoms with Crippen LogP contribution in [-0.2, 0) is 23.9 Å². The zero-order valence-electron chi connectivity index (χ0n) is 21.6. The van der Waals surface area contributed by atoms with Crippen LogP contribution in [0.2, 0.25) is 0 Å².